The summed E-state index contributed by atoms with van der Waals surface area (Å²) in [6, 6.07) is 10.1. The average molecular weight is 310 g/mol. The maximum absolute atomic E-state index is 6.10. The molecule has 0 spiro atoms. The Morgan fingerprint density at radius 3 is 2.67 bits per heavy atom. The van der Waals surface area contributed by atoms with Crippen LogP contribution in [0, 0.1) is 0 Å². The van der Waals surface area contributed by atoms with E-state index in [-0.39, 0.29) is 0 Å². The van der Waals surface area contributed by atoms with E-state index in [0.29, 0.717) is 4.47 Å². The number of hydrogen-bond acceptors (Lipinski definition) is 3. The zero-order chi connectivity index (χ0) is 12.3. The average Bonchev–Trinajstić information content (AvgIpc) is 2.87. The van der Waals surface area contributed by atoms with E-state index < -0.39 is 0 Å². The van der Waals surface area contributed by atoms with E-state index >= 15 is 0 Å². The van der Waals surface area contributed by atoms with E-state index in [1.54, 1.807) is 11.3 Å². The summed E-state index contributed by atoms with van der Waals surface area (Å²) in [5.41, 5.74) is 0.956. The van der Waals surface area contributed by atoms with Crippen LogP contribution in [-0.2, 0) is 0 Å². The zero-order valence-electron chi connectivity index (χ0n) is 8.91. The molecule has 0 aliphatic rings. The molecule has 0 N–H and O–H groups in total. The van der Waals surface area contributed by atoms with Crippen LogP contribution >= 0.6 is 45.9 Å². The first-order valence-corrected chi connectivity index (χ1v) is 7.68. The van der Waals surface area contributed by atoms with Crippen molar-refractivity contribution in [1.82, 2.24) is 4.98 Å². The fourth-order valence-corrected chi connectivity index (χ4v) is 4.70. The van der Waals surface area contributed by atoms with Gasteiger partial charge in [0.2, 0.25) is 0 Å². The quantitative estimate of drug-likeness (QED) is 0.390. The van der Waals surface area contributed by atoms with Crippen LogP contribution in [0.15, 0.2) is 30.3 Å². The smallest absolute Gasteiger partial charge is 0.184 e. The molecule has 0 aliphatic heterocycles. The van der Waals surface area contributed by atoms with Crippen LogP contribution in [-0.4, -0.2) is 4.98 Å². The minimum Gasteiger partial charge on any atom is -0.225 e. The van der Waals surface area contributed by atoms with Gasteiger partial charge < -0.3 is 0 Å². The van der Waals surface area contributed by atoms with Gasteiger partial charge in [0.15, 0.2) is 4.47 Å². The highest BCUT2D eigenvalue weighted by Crippen LogP contribution is 2.41. The Hall–Kier alpha value is -0.870. The van der Waals surface area contributed by atoms with Crippen molar-refractivity contribution in [2.24, 2.45) is 0 Å². The van der Waals surface area contributed by atoms with Gasteiger partial charge in [-0.3, -0.25) is 0 Å². The lowest BCUT2D eigenvalue weighted by atomic mass is 10.1. The molecule has 1 nitrogen and oxygen atoms in total. The van der Waals surface area contributed by atoms with Gasteiger partial charge >= 0.3 is 0 Å². The lowest BCUT2D eigenvalue weighted by molar-refractivity contribution is 1.51. The molecule has 0 bridgehead atoms. The predicted octanol–water partition coefficient (Wildman–Crippen LogP) is 5.97. The van der Waals surface area contributed by atoms with Crippen molar-refractivity contribution < 1.29 is 0 Å². The summed E-state index contributed by atoms with van der Waals surface area (Å²) < 4.78 is 4.22. The fraction of sp³-hybridized carbons (Fsp3) is 0. The van der Waals surface area contributed by atoms with Crippen LogP contribution in [0.2, 0.25) is 9.49 Å². The van der Waals surface area contributed by atoms with Crippen LogP contribution in [0.1, 0.15) is 0 Å². The second-order valence-corrected chi connectivity index (χ2v) is 7.10. The molecule has 2 aromatic heterocycles. The van der Waals surface area contributed by atoms with Crippen molar-refractivity contribution in [2.75, 3.05) is 0 Å². The Kier molecular flexibility index (Phi) is 2.33. The summed E-state index contributed by atoms with van der Waals surface area (Å²) in [6.07, 6.45) is 0. The SMILES string of the molecule is Clc1ccc2sc3ccc4nc(Cl)sc4c3c2c1. The van der Waals surface area contributed by atoms with Gasteiger partial charge in [-0.25, -0.2) is 4.98 Å². The van der Waals surface area contributed by atoms with Crippen molar-refractivity contribution >= 4 is 76.3 Å². The summed E-state index contributed by atoms with van der Waals surface area (Å²) in [4.78, 5) is 4.33. The van der Waals surface area contributed by atoms with Crippen LogP contribution in [0.3, 0.4) is 0 Å². The number of halogens is 2. The molecule has 18 heavy (non-hydrogen) atoms. The summed E-state index contributed by atoms with van der Waals surface area (Å²) in [5, 5.41) is 3.17. The Morgan fingerprint density at radius 2 is 1.78 bits per heavy atom. The third-order valence-corrected chi connectivity index (χ3v) is 5.49. The van der Waals surface area contributed by atoms with E-state index in [1.807, 2.05) is 18.2 Å². The van der Waals surface area contributed by atoms with Gasteiger partial charge in [0, 0.05) is 25.2 Å². The number of rotatable bonds is 0. The van der Waals surface area contributed by atoms with E-state index in [2.05, 4.69) is 17.1 Å². The second kappa shape index (κ2) is 3.81. The second-order valence-electron chi connectivity index (χ2n) is 4.00. The highest BCUT2D eigenvalue weighted by atomic mass is 35.5. The number of nitrogens with zero attached hydrogens (tertiary/aromatic N) is 1. The van der Waals surface area contributed by atoms with Crippen molar-refractivity contribution in [3.05, 3.63) is 39.8 Å². The molecular formula is C13H5Cl2NS2. The minimum atomic E-state index is 0.582. The molecule has 4 rings (SSSR count). The van der Waals surface area contributed by atoms with Crippen molar-refractivity contribution in [3.8, 4) is 0 Å². The molecule has 0 amide bonds. The molecule has 5 heteroatoms. The lowest BCUT2D eigenvalue weighted by Crippen LogP contribution is -1.69. The van der Waals surface area contributed by atoms with Crippen molar-refractivity contribution in [2.45, 2.75) is 0 Å². The summed E-state index contributed by atoms with van der Waals surface area (Å²) in [6.45, 7) is 0. The van der Waals surface area contributed by atoms with E-state index in [0.717, 1.165) is 15.2 Å². The number of thiophene rings is 1. The number of benzene rings is 2. The Balaban J connectivity index is 2.34. The molecule has 0 unspecified atom stereocenters. The van der Waals surface area contributed by atoms with Gasteiger partial charge in [-0.15, -0.1) is 22.7 Å². The molecule has 2 heterocycles. The number of thiazole rings is 1. The molecule has 2 aromatic carbocycles. The standard InChI is InChI=1S/C13H5Cl2NS2/c14-6-1-3-9-7(5-6)11-10(17-9)4-2-8-12(11)18-13(15)16-8/h1-5H. The zero-order valence-corrected chi connectivity index (χ0v) is 12.1. The number of fused-ring (bicyclic) bond motifs is 5. The van der Waals surface area contributed by atoms with Crippen molar-refractivity contribution in [3.63, 3.8) is 0 Å². The van der Waals surface area contributed by atoms with E-state index in [9.17, 15) is 0 Å². The van der Waals surface area contributed by atoms with Gasteiger partial charge in [0.05, 0.1) is 10.2 Å². The Labute approximate surface area is 121 Å². The lowest BCUT2D eigenvalue weighted by Gasteiger charge is -1.94. The van der Waals surface area contributed by atoms with Gasteiger partial charge in [-0.05, 0) is 30.3 Å². The summed E-state index contributed by atoms with van der Waals surface area (Å²) >= 11 is 15.4. The van der Waals surface area contributed by atoms with Gasteiger partial charge in [-0.1, -0.05) is 23.2 Å². The van der Waals surface area contributed by atoms with Crippen LogP contribution in [0.5, 0.6) is 0 Å². The predicted molar refractivity (Wildman–Crippen MR) is 82.5 cm³/mol. The van der Waals surface area contributed by atoms with Crippen LogP contribution in [0.4, 0.5) is 0 Å². The maximum atomic E-state index is 6.10. The first kappa shape index (κ1) is 11.0. The minimum absolute atomic E-state index is 0.582. The summed E-state index contributed by atoms with van der Waals surface area (Å²) in [5.74, 6) is 0. The molecule has 4 aromatic rings. The monoisotopic (exact) mass is 309 g/mol. The van der Waals surface area contributed by atoms with E-state index in [4.69, 9.17) is 23.2 Å². The van der Waals surface area contributed by atoms with E-state index in [1.165, 1.54) is 31.5 Å². The Bertz CT molecular complexity index is 907. The third kappa shape index (κ3) is 1.48. The highest BCUT2D eigenvalue weighted by molar-refractivity contribution is 7.28. The maximum Gasteiger partial charge on any atom is 0.184 e. The molecular weight excluding hydrogens is 305 g/mol. The third-order valence-electron chi connectivity index (χ3n) is 2.92. The molecule has 0 saturated heterocycles. The van der Waals surface area contributed by atoms with Crippen molar-refractivity contribution in [1.29, 1.82) is 0 Å². The first-order valence-electron chi connectivity index (χ1n) is 5.29. The van der Waals surface area contributed by atoms with Gasteiger partial charge in [0.25, 0.3) is 0 Å². The molecule has 88 valence electrons. The largest absolute Gasteiger partial charge is 0.225 e. The summed E-state index contributed by atoms with van der Waals surface area (Å²) in [7, 11) is 0. The molecule has 0 radical (unpaired) electrons. The fourth-order valence-electron chi connectivity index (χ4n) is 2.19. The first-order chi connectivity index (χ1) is 8.72. The molecule has 0 saturated carbocycles. The van der Waals surface area contributed by atoms with Gasteiger partial charge in [-0.2, -0.15) is 0 Å². The number of aromatic nitrogens is 1. The Morgan fingerprint density at radius 1 is 0.944 bits per heavy atom. The van der Waals surface area contributed by atoms with Gasteiger partial charge in [0.1, 0.15) is 0 Å². The van der Waals surface area contributed by atoms with Crippen LogP contribution in [0.25, 0.3) is 30.4 Å². The number of hydrogen-bond donors (Lipinski definition) is 0. The highest BCUT2D eigenvalue weighted by Gasteiger charge is 2.12. The molecule has 0 fully saturated rings. The molecule has 0 atom stereocenters. The molecule has 0 aliphatic carbocycles. The topological polar surface area (TPSA) is 12.9 Å². The normalized spacial score (nSPS) is 11.9. The van der Waals surface area contributed by atoms with Crippen LogP contribution < -0.4 is 0 Å².